The van der Waals surface area contributed by atoms with Gasteiger partial charge in [-0.3, -0.25) is 0 Å². The topological polar surface area (TPSA) is 25.8 Å². The Bertz CT molecular complexity index is 1420. The Morgan fingerprint density at radius 1 is 0.900 bits per heavy atom. The quantitative estimate of drug-likeness (QED) is 0.296. The lowest BCUT2D eigenvalue weighted by molar-refractivity contribution is 0.724. The highest BCUT2D eigenvalue weighted by atomic mass is 32.1. The van der Waals surface area contributed by atoms with E-state index >= 15 is 0 Å². The molecule has 0 atom stereocenters. The van der Waals surface area contributed by atoms with E-state index in [2.05, 4.69) is 67.4 Å². The number of aromatic nitrogens is 2. The van der Waals surface area contributed by atoms with Crippen molar-refractivity contribution in [3.05, 3.63) is 71.5 Å². The van der Waals surface area contributed by atoms with E-state index in [-0.39, 0.29) is 0 Å². The second kappa shape index (κ2) is 6.88. The minimum absolute atomic E-state index is 0.698. The molecule has 148 valence electrons. The van der Waals surface area contributed by atoms with Crippen molar-refractivity contribution in [3.8, 4) is 11.3 Å². The van der Waals surface area contributed by atoms with Crippen molar-refractivity contribution in [2.75, 3.05) is 0 Å². The van der Waals surface area contributed by atoms with E-state index in [1.807, 2.05) is 11.3 Å². The number of rotatable bonds is 2. The largest absolute Gasteiger partial charge is 0.236 e. The molecule has 1 saturated carbocycles. The van der Waals surface area contributed by atoms with Crippen LogP contribution < -0.4 is 0 Å². The van der Waals surface area contributed by atoms with Crippen molar-refractivity contribution in [3.63, 3.8) is 0 Å². The van der Waals surface area contributed by atoms with E-state index in [0.717, 1.165) is 16.6 Å². The Hall–Kier alpha value is -2.78. The van der Waals surface area contributed by atoms with Crippen LogP contribution in [0, 0.1) is 13.8 Å². The smallest absolute Gasteiger partial charge is 0.116 e. The van der Waals surface area contributed by atoms with E-state index in [9.17, 15) is 0 Å². The van der Waals surface area contributed by atoms with Gasteiger partial charge in [-0.05, 0) is 73.6 Å². The number of thiophene rings is 1. The summed E-state index contributed by atoms with van der Waals surface area (Å²) >= 11 is 1.88. The summed E-state index contributed by atoms with van der Waals surface area (Å²) in [4.78, 5) is 9.43. The predicted octanol–water partition coefficient (Wildman–Crippen LogP) is 7.94. The number of hydrogen-bond acceptors (Lipinski definition) is 3. The molecular formula is C27H24N2S. The van der Waals surface area contributed by atoms with Gasteiger partial charge in [-0.1, -0.05) is 37.1 Å². The first-order valence-electron chi connectivity index (χ1n) is 10.9. The van der Waals surface area contributed by atoms with Gasteiger partial charge in [-0.15, -0.1) is 11.3 Å². The average Bonchev–Trinajstić information content (AvgIpc) is 3.41. The van der Waals surface area contributed by atoms with Crippen LogP contribution >= 0.6 is 11.3 Å². The van der Waals surface area contributed by atoms with Gasteiger partial charge in [0, 0.05) is 31.1 Å². The van der Waals surface area contributed by atoms with E-state index in [4.69, 9.17) is 4.98 Å². The third-order valence-electron chi connectivity index (χ3n) is 6.69. The lowest BCUT2D eigenvalue weighted by atomic mass is 9.95. The fourth-order valence-corrected chi connectivity index (χ4v) is 6.50. The zero-order valence-electron chi connectivity index (χ0n) is 17.4. The first-order valence-corrected chi connectivity index (χ1v) is 11.7. The van der Waals surface area contributed by atoms with Crippen molar-refractivity contribution in [2.45, 2.75) is 45.4 Å². The molecule has 0 amide bonds. The minimum Gasteiger partial charge on any atom is -0.236 e. The first kappa shape index (κ1) is 18.0. The summed E-state index contributed by atoms with van der Waals surface area (Å²) in [5, 5.41) is 3.88. The normalized spacial score (nSPS) is 15.0. The van der Waals surface area contributed by atoms with E-state index in [0.29, 0.717) is 5.92 Å². The van der Waals surface area contributed by atoms with Crippen molar-refractivity contribution in [2.24, 2.45) is 0 Å². The molecule has 3 heteroatoms. The van der Waals surface area contributed by atoms with Gasteiger partial charge in [0.15, 0.2) is 0 Å². The molecule has 0 aliphatic heterocycles. The maximum absolute atomic E-state index is 4.78. The van der Waals surface area contributed by atoms with Gasteiger partial charge < -0.3 is 0 Å². The molecule has 0 bridgehead atoms. The zero-order chi connectivity index (χ0) is 20.2. The highest BCUT2D eigenvalue weighted by molar-refractivity contribution is 7.26. The van der Waals surface area contributed by atoms with Crippen molar-refractivity contribution in [1.82, 2.24) is 9.97 Å². The molecule has 6 rings (SSSR count). The molecule has 0 N–H and O–H groups in total. The SMILES string of the molecule is Cc1cc(-c2ncnc3cc(C4CCCC4)ccc23)c2sc3cccc(C)c3c2c1. The Morgan fingerprint density at radius 3 is 2.63 bits per heavy atom. The fourth-order valence-electron chi connectivity index (χ4n) is 5.23. The summed E-state index contributed by atoms with van der Waals surface area (Å²) in [5.74, 6) is 0.698. The number of benzene rings is 3. The molecule has 1 aliphatic carbocycles. The molecule has 2 nitrogen and oxygen atoms in total. The van der Waals surface area contributed by atoms with Crippen LogP contribution in [0.25, 0.3) is 42.3 Å². The molecule has 0 spiro atoms. The molecule has 1 fully saturated rings. The van der Waals surface area contributed by atoms with Gasteiger partial charge in [0.25, 0.3) is 0 Å². The van der Waals surface area contributed by atoms with Gasteiger partial charge in [-0.25, -0.2) is 9.97 Å². The molecule has 3 aromatic carbocycles. The minimum atomic E-state index is 0.698. The summed E-state index contributed by atoms with van der Waals surface area (Å²) < 4.78 is 2.67. The Balaban J connectivity index is 1.61. The van der Waals surface area contributed by atoms with Crippen molar-refractivity contribution >= 4 is 42.4 Å². The molecule has 0 saturated heterocycles. The molecule has 1 aliphatic rings. The summed E-state index contributed by atoms with van der Waals surface area (Å²) in [5.41, 5.74) is 7.40. The molecular weight excluding hydrogens is 384 g/mol. The number of fused-ring (bicyclic) bond motifs is 4. The summed E-state index contributed by atoms with van der Waals surface area (Å²) in [6.45, 7) is 4.40. The van der Waals surface area contributed by atoms with Crippen LogP contribution in [0.2, 0.25) is 0 Å². The fraction of sp³-hybridized carbons (Fsp3) is 0.259. The predicted molar refractivity (Wildman–Crippen MR) is 129 cm³/mol. The van der Waals surface area contributed by atoms with E-state index in [1.165, 1.54) is 68.1 Å². The molecule has 0 radical (unpaired) electrons. The maximum atomic E-state index is 4.78. The summed E-state index contributed by atoms with van der Waals surface area (Å²) in [7, 11) is 0. The summed E-state index contributed by atoms with van der Waals surface area (Å²) in [6, 6.07) is 18.1. The van der Waals surface area contributed by atoms with Gasteiger partial charge in [0.05, 0.1) is 11.2 Å². The number of hydrogen-bond donors (Lipinski definition) is 0. The van der Waals surface area contributed by atoms with E-state index in [1.54, 1.807) is 6.33 Å². The Kier molecular flexibility index (Phi) is 4.14. The van der Waals surface area contributed by atoms with Crippen molar-refractivity contribution < 1.29 is 0 Å². The zero-order valence-corrected chi connectivity index (χ0v) is 18.2. The maximum Gasteiger partial charge on any atom is 0.116 e. The Morgan fingerprint density at radius 2 is 1.77 bits per heavy atom. The Labute approximate surface area is 180 Å². The number of nitrogens with zero attached hydrogens (tertiary/aromatic N) is 2. The average molecular weight is 409 g/mol. The molecule has 5 aromatic rings. The third kappa shape index (κ3) is 2.76. The van der Waals surface area contributed by atoms with Crippen LogP contribution in [0.15, 0.2) is 54.9 Å². The van der Waals surface area contributed by atoms with Gasteiger partial charge in [-0.2, -0.15) is 0 Å². The van der Waals surface area contributed by atoms with Crippen LogP contribution in [0.5, 0.6) is 0 Å². The van der Waals surface area contributed by atoms with Crippen LogP contribution in [-0.4, -0.2) is 9.97 Å². The van der Waals surface area contributed by atoms with E-state index < -0.39 is 0 Å². The lowest BCUT2D eigenvalue weighted by Crippen LogP contribution is -1.95. The number of aryl methyl sites for hydroxylation is 2. The third-order valence-corrected chi connectivity index (χ3v) is 7.90. The van der Waals surface area contributed by atoms with Gasteiger partial charge >= 0.3 is 0 Å². The monoisotopic (exact) mass is 408 g/mol. The molecule has 2 heterocycles. The molecule has 0 unspecified atom stereocenters. The summed E-state index contributed by atoms with van der Waals surface area (Å²) in [6.07, 6.45) is 7.06. The molecule has 30 heavy (non-hydrogen) atoms. The van der Waals surface area contributed by atoms with Gasteiger partial charge in [0.1, 0.15) is 6.33 Å². The van der Waals surface area contributed by atoms with Crippen LogP contribution in [0.3, 0.4) is 0 Å². The standard InChI is InChI=1S/C27H24N2S/c1-16-12-21-25-17(2)6-5-9-24(25)30-27(21)22(13-16)26-20-11-10-19(18-7-3-4-8-18)14-23(20)28-15-29-26/h5-6,9-15,18H,3-4,7-8H2,1-2H3. The van der Waals surface area contributed by atoms with Gasteiger partial charge in [0.2, 0.25) is 0 Å². The molecule has 2 aromatic heterocycles. The van der Waals surface area contributed by atoms with Crippen LogP contribution in [0.4, 0.5) is 0 Å². The van der Waals surface area contributed by atoms with Crippen LogP contribution in [0.1, 0.15) is 48.3 Å². The lowest BCUT2D eigenvalue weighted by Gasteiger charge is -2.12. The highest BCUT2D eigenvalue weighted by Gasteiger charge is 2.19. The highest BCUT2D eigenvalue weighted by Crippen LogP contribution is 2.43. The second-order valence-corrected chi connectivity index (χ2v) is 9.77. The second-order valence-electron chi connectivity index (χ2n) is 8.72. The van der Waals surface area contributed by atoms with Crippen molar-refractivity contribution in [1.29, 1.82) is 0 Å². The van der Waals surface area contributed by atoms with Crippen LogP contribution in [-0.2, 0) is 0 Å². The first-order chi connectivity index (χ1) is 14.7.